The fourth-order valence-corrected chi connectivity index (χ4v) is 2.88. The van der Waals surface area contributed by atoms with E-state index < -0.39 is 9.84 Å². The minimum Gasteiger partial charge on any atom is -0.315 e. The minimum absolute atomic E-state index is 0.0618. The number of hydrogen-bond donors (Lipinski definition) is 1. The van der Waals surface area contributed by atoms with Gasteiger partial charge < -0.3 is 10.2 Å². The lowest BCUT2D eigenvalue weighted by Gasteiger charge is -2.42. The molecular formula is C12H28N2O2S. The van der Waals surface area contributed by atoms with E-state index in [0.717, 1.165) is 12.8 Å². The smallest absolute Gasteiger partial charge is 0.147 e. The molecule has 2 atom stereocenters. The largest absolute Gasteiger partial charge is 0.315 e. The van der Waals surface area contributed by atoms with Crippen LogP contribution in [-0.2, 0) is 9.84 Å². The van der Waals surface area contributed by atoms with Crippen LogP contribution in [0.3, 0.4) is 0 Å². The van der Waals surface area contributed by atoms with E-state index in [-0.39, 0.29) is 11.3 Å². The lowest BCUT2D eigenvalue weighted by atomic mass is 9.85. The van der Waals surface area contributed by atoms with Gasteiger partial charge in [0.1, 0.15) is 9.84 Å². The van der Waals surface area contributed by atoms with Crippen LogP contribution in [-0.4, -0.2) is 58.1 Å². The zero-order valence-corrected chi connectivity index (χ0v) is 12.9. The highest BCUT2D eigenvalue weighted by molar-refractivity contribution is 7.90. The van der Waals surface area contributed by atoms with Gasteiger partial charge in [0, 0.05) is 23.6 Å². The summed E-state index contributed by atoms with van der Waals surface area (Å²) >= 11 is 0. The predicted octanol–water partition coefficient (Wildman–Crippen LogP) is 1.13. The van der Waals surface area contributed by atoms with E-state index in [1.165, 1.54) is 6.26 Å². The summed E-state index contributed by atoms with van der Waals surface area (Å²) in [7, 11) is 3.25. The van der Waals surface area contributed by atoms with Crippen LogP contribution in [0.1, 0.15) is 33.1 Å². The van der Waals surface area contributed by atoms with Gasteiger partial charge in [-0.3, -0.25) is 0 Å². The van der Waals surface area contributed by atoms with Crippen molar-refractivity contribution >= 4 is 9.84 Å². The van der Waals surface area contributed by atoms with E-state index in [4.69, 9.17) is 0 Å². The SMILES string of the molecule is CCC(C)(C(CCCS(C)(=O)=O)NC)N(C)C. The first kappa shape index (κ1) is 16.9. The molecule has 0 aliphatic heterocycles. The van der Waals surface area contributed by atoms with Crippen LogP contribution in [0.4, 0.5) is 0 Å². The highest BCUT2D eigenvalue weighted by Gasteiger charge is 2.33. The third kappa shape index (κ3) is 5.36. The third-order valence-corrected chi connectivity index (χ3v) is 4.87. The Morgan fingerprint density at radius 3 is 2.18 bits per heavy atom. The third-order valence-electron chi connectivity index (χ3n) is 3.84. The molecule has 2 unspecified atom stereocenters. The molecule has 17 heavy (non-hydrogen) atoms. The van der Waals surface area contributed by atoms with Gasteiger partial charge in [-0.15, -0.1) is 0 Å². The molecule has 0 aromatic rings. The molecule has 1 N–H and O–H groups in total. The first-order valence-corrected chi connectivity index (χ1v) is 8.26. The Labute approximate surface area is 107 Å². The van der Waals surface area contributed by atoms with E-state index in [1.54, 1.807) is 0 Å². The molecule has 0 aliphatic rings. The van der Waals surface area contributed by atoms with E-state index in [0.29, 0.717) is 12.5 Å². The van der Waals surface area contributed by atoms with Crippen LogP contribution in [0.5, 0.6) is 0 Å². The summed E-state index contributed by atoms with van der Waals surface area (Å²) in [6.45, 7) is 4.38. The van der Waals surface area contributed by atoms with Crippen LogP contribution >= 0.6 is 0 Å². The van der Waals surface area contributed by atoms with Crippen molar-refractivity contribution in [2.24, 2.45) is 0 Å². The second kappa shape index (κ2) is 6.71. The Kier molecular flexibility index (Phi) is 6.66. The van der Waals surface area contributed by atoms with Gasteiger partial charge in [-0.25, -0.2) is 8.42 Å². The second-order valence-corrected chi connectivity index (χ2v) is 7.48. The van der Waals surface area contributed by atoms with E-state index >= 15 is 0 Å². The monoisotopic (exact) mass is 264 g/mol. The number of likely N-dealkylation sites (N-methyl/N-ethyl adjacent to an activating group) is 2. The van der Waals surface area contributed by atoms with Gasteiger partial charge in [-0.05, 0) is 47.3 Å². The molecule has 0 saturated carbocycles. The van der Waals surface area contributed by atoms with Crippen LogP contribution in [0, 0.1) is 0 Å². The van der Waals surface area contributed by atoms with Gasteiger partial charge in [0.15, 0.2) is 0 Å². The topological polar surface area (TPSA) is 49.4 Å². The second-order valence-electron chi connectivity index (χ2n) is 5.22. The Balaban J connectivity index is 4.51. The maximum Gasteiger partial charge on any atom is 0.147 e. The lowest BCUT2D eigenvalue weighted by Crippen LogP contribution is -2.56. The quantitative estimate of drug-likeness (QED) is 0.714. The van der Waals surface area contributed by atoms with E-state index in [1.807, 2.05) is 7.05 Å². The van der Waals surface area contributed by atoms with Gasteiger partial charge in [-0.2, -0.15) is 0 Å². The Bertz CT molecular complexity index is 314. The van der Waals surface area contributed by atoms with E-state index in [2.05, 4.69) is 38.2 Å². The maximum absolute atomic E-state index is 11.1. The number of sulfone groups is 1. The molecular weight excluding hydrogens is 236 g/mol. The molecule has 5 heteroatoms. The van der Waals surface area contributed by atoms with Crippen LogP contribution in [0.25, 0.3) is 0 Å². The molecule has 0 bridgehead atoms. The first-order chi connectivity index (χ1) is 7.67. The number of rotatable bonds is 8. The summed E-state index contributed by atoms with van der Waals surface area (Å²) in [5, 5.41) is 3.32. The molecule has 0 amide bonds. The molecule has 0 heterocycles. The summed E-state index contributed by atoms with van der Waals surface area (Å²) in [6, 6.07) is 0.309. The Hall–Kier alpha value is -0.130. The average molecular weight is 264 g/mol. The fourth-order valence-electron chi connectivity index (χ4n) is 2.19. The molecule has 4 nitrogen and oxygen atoms in total. The van der Waals surface area contributed by atoms with Crippen molar-refractivity contribution in [1.29, 1.82) is 0 Å². The Morgan fingerprint density at radius 2 is 1.88 bits per heavy atom. The molecule has 0 rings (SSSR count). The van der Waals surface area contributed by atoms with Gasteiger partial charge in [-0.1, -0.05) is 6.92 Å². The lowest BCUT2D eigenvalue weighted by molar-refractivity contribution is 0.112. The summed E-state index contributed by atoms with van der Waals surface area (Å²) in [4.78, 5) is 2.22. The zero-order chi connectivity index (χ0) is 13.7. The molecule has 0 saturated heterocycles. The molecule has 0 aromatic carbocycles. The molecule has 104 valence electrons. The van der Waals surface area contributed by atoms with Crippen LogP contribution in [0.2, 0.25) is 0 Å². The van der Waals surface area contributed by atoms with Crippen molar-refractivity contribution < 1.29 is 8.42 Å². The van der Waals surface area contributed by atoms with Crippen molar-refractivity contribution in [2.75, 3.05) is 33.2 Å². The van der Waals surface area contributed by atoms with Gasteiger partial charge in [0.2, 0.25) is 0 Å². The molecule has 0 radical (unpaired) electrons. The number of hydrogen-bond acceptors (Lipinski definition) is 4. The van der Waals surface area contributed by atoms with E-state index in [9.17, 15) is 8.42 Å². The highest BCUT2D eigenvalue weighted by atomic mass is 32.2. The zero-order valence-electron chi connectivity index (χ0n) is 12.1. The van der Waals surface area contributed by atoms with Crippen molar-refractivity contribution in [3.8, 4) is 0 Å². The van der Waals surface area contributed by atoms with Crippen molar-refractivity contribution in [1.82, 2.24) is 10.2 Å². The molecule has 0 aliphatic carbocycles. The van der Waals surface area contributed by atoms with Gasteiger partial charge >= 0.3 is 0 Å². The summed E-state index contributed by atoms with van der Waals surface area (Å²) in [5.74, 6) is 0.276. The number of nitrogens with one attached hydrogen (secondary N) is 1. The normalized spacial score (nSPS) is 18.1. The van der Waals surface area contributed by atoms with Crippen LogP contribution in [0.15, 0.2) is 0 Å². The first-order valence-electron chi connectivity index (χ1n) is 6.19. The summed E-state index contributed by atoms with van der Waals surface area (Å²) in [6.07, 6.45) is 3.93. The van der Waals surface area contributed by atoms with Crippen LogP contribution < -0.4 is 5.32 Å². The predicted molar refractivity (Wildman–Crippen MR) is 74.2 cm³/mol. The molecule has 0 spiro atoms. The molecule has 0 fully saturated rings. The number of nitrogens with zero attached hydrogens (tertiary/aromatic N) is 1. The Morgan fingerprint density at radius 1 is 1.35 bits per heavy atom. The highest BCUT2D eigenvalue weighted by Crippen LogP contribution is 2.24. The van der Waals surface area contributed by atoms with Crippen molar-refractivity contribution in [2.45, 2.75) is 44.7 Å². The van der Waals surface area contributed by atoms with Crippen molar-refractivity contribution in [3.05, 3.63) is 0 Å². The average Bonchev–Trinajstić information content (AvgIpc) is 2.21. The maximum atomic E-state index is 11.1. The summed E-state index contributed by atoms with van der Waals surface area (Å²) < 4.78 is 22.2. The summed E-state index contributed by atoms with van der Waals surface area (Å²) in [5.41, 5.74) is 0.0618. The standard InChI is InChI=1S/C12H28N2O2S/c1-7-12(2,14(4)5)11(13-3)9-8-10-17(6,15)16/h11,13H,7-10H2,1-6H3. The molecule has 0 aromatic heterocycles. The fraction of sp³-hybridized carbons (Fsp3) is 1.00. The van der Waals surface area contributed by atoms with Crippen molar-refractivity contribution in [3.63, 3.8) is 0 Å². The van der Waals surface area contributed by atoms with Gasteiger partial charge in [0.25, 0.3) is 0 Å². The minimum atomic E-state index is -2.84. The van der Waals surface area contributed by atoms with Gasteiger partial charge in [0.05, 0.1) is 0 Å².